The highest BCUT2D eigenvalue weighted by molar-refractivity contribution is 14.1. The molecule has 0 aliphatic rings. The lowest BCUT2D eigenvalue weighted by Gasteiger charge is -2.03. The van der Waals surface area contributed by atoms with Gasteiger partial charge in [0, 0.05) is 24.7 Å². The van der Waals surface area contributed by atoms with Crippen LogP contribution in [0.15, 0.2) is 0 Å². The normalized spacial score (nSPS) is 10.5. The van der Waals surface area contributed by atoms with Crippen LogP contribution < -0.4 is 5.32 Å². The summed E-state index contributed by atoms with van der Waals surface area (Å²) in [7, 11) is 1.69. The van der Waals surface area contributed by atoms with Crippen LogP contribution in [0.1, 0.15) is 6.42 Å². The zero-order valence-corrected chi connectivity index (χ0v) is 9.80. The van der Waals surface area contributed by atoms with Crippen molar-refractivity contribution in [3.8, 4) is 0 Å². The summed E-state index contributed by atoms with van der Waals surface area (Å²) in [6.45, 7) is 4.39. The average Bonchev–Trinajstić information content (AvgIpc) is 2.10. The maximum Gasteiger partial charge on any atom is 0.0700 e. The average molecular weight is 287 g/mol. The van der Waals surface area contributed by atoms with E-state index in [1.807, 2.05) is 0 Å². The quantitative estimate of drug-likeness (QED) is 0.391. The number of hydrogen-bond donors (Lipinski definition) is 1. The summed E-state index contributed by atoms with van der Waals surface area (Å²) < 4.78 is 11.3. The molecule has 0 spiro atoms. The summed E-state index contributed by atoms with van der Waals surface area (Å²) in [5.41, 5.74) is 0. The van der Waals surface area contributed by atoms with Gasteiger partial charge in [0.15, 0.2) is 0 Å². The van der Waals surface area contributed by atoms with Crippen molar-refractivity contribution in [2.75, 3.05) is 44.4 Å². The molecule has 4 heteroatoms. The molecule has 0 atom stereocenters. The molecule has 0 radical (unpaired) electrons. The van der Waals surface area contributed by atoms with E-state index in [0.29, 0.717) is 13.2 Å². The highest BCUT2D eigenvalue weighted by atomic mass is 127. The smallest absolute Gasteiger partial charge is 0.0700 e. The van der Waals surface area contributed by atoms with Gasteiger partial charge >= 0.3 is 0 Å². The zero-order valence-electron chi connectivity index (χ0n) is 7.64. The number of ether oxygens (including phenoxy) is 2. The van der Waals surface area contributed by atoms with E-state index < -0.39 is 0 Å². The molecule has 0 rings (SSSR count). The van der Waals surface area contributed by atoms with Crippen molar-refractivity contribution in [2.24, 2.45) is 0 Å². The number of nitrogens with one attached hydrogen (secondary N) is 1. The topological polar surface area (TPSA) is 30.5 Å². The zero-order chi connectivity index (χ0) is 9.07. The summed E-state index contributed by atoms with van der Waals surface area (Å²) >= 11 is 2.36. The minimum absolute atomic E-state index is 0.696. The fourth-order valence-electron chi connectivity index (χ4n) is 0.735. The molecule has 1 N–H and O–H groups in total. The number of rotatable bonds is 9. The van der Waals surface area contributed by atoms with Crippen LogP contribution in [0.25, 0.3) is 0 Å². The lowest BCUT2D eigenvalue weighted by Crippen LogP contribution is -2.19. The Morgan fingerprint density at radius 3 is 2.67 bits per heavy atom. The molecule has 0 bridgehead atoms. The van der Waals surface area contributed by atoms with Crippen LogP contribution in [0, 0.1) is 0 Å². The predicted octanol–water partition coefficient (Wildman–Crippen LogP) is 1.06. The fourth-order valence-corrected chi connectivity index (χ4v) is 1.12. The van der Waals surface area contributed by atoms with Gasteiger partial charge in [-0.15, -0.1) is 0 Å². The van der Waals surface area contributed by atoms with Gasteiger partial charge in [-0.1, -0.05) is 22.6 Å². The van der Waals surface area contributed by atoms with Gasteiger partial charge in [0.2, 0.25) is 0 Å². The minimum Gasteiger partial charge on any atom is -0.382 e. The van der Waals surface area contributed by atoms with Gasteiger partial charge in [0.05, 0.1) is 13.2 Å². The van der Waals surface area contributed by atoms with E-state index in [4.69, 9.17) is 9.47 Å². The minimum atomic E-state index is 0.696. The molecule has 0 unspecified atom stereocenters. The van der Waals surface area contributed by atoms with Crippen molar-refractivity contribution in [3.63, 3.8) is 0 Å². The van der Waals surface area contributed by atoms with E-state index in [9.17, 15) is 0 Å². The van der Waals surface area contributed by atoms with Gasteiger partial charge in [-0.3, -0.25) is 0 Å². The third kappa shape index (κ3) is 10.6. The van der Waals surface area contributed by atoms with Gasteiger partial charge < -0.3 is 14.8 Å². The molecular formula is C8H18INO2. The third-order valence-electron chi connectivity index (χ3n) is 1.35. The largest absolute Gasteiger partial charge is 0.382 e. The lowest BCUT2D eigenvalue weighted by atomic mass is 10.4. The number of methoxy groups -OCH3 is 1. The fraction of sp³-hybridized carbons (Fsp3) is 1.00. The second-order valence-electron chi connectivity index (χ2n) is 2.40. The van der Waals surface area contributed by atoms with Crippen LogP contribution in [0.5, 0.6) is 0 Å². The van der Waals surface area contributed by atoms with E-state index in [1.54, 1.807) is 7.11 Å². The third-order valence-corrected chi connectivity index (χ3v) is 1.88. The van der Waals surface area contributed by atoms with Crippen LogP contribution >= 0.6 is 22.6 Å². The molecule has 0 amide bonds. The molecule has 0 aliphatic carbocycles. The molecule has 0 saturated carbocycles. The van der Waals surface area contributed by atoms with Crippen LogP contribution in [0.2, 0.25) is 0 Å². The summed E-state index contributed by atoms with van der Waals surface area (Å²) in [4.78, 5) is 0. The van der Waals surface area contributed by atoms with Crippen molar-refractivity contribution in [3.05, 3.63) is 0 Å². The highest BCUT2D eigenvalue weighted by Crippen LogP contribution is 1.82. The molecule has 0 heterocycles. The maximum absolute atomic E-state index is 5.29. The van der Waals surface area contributed by atoms with Crippen molar-refractivity contribution < 1.29 is 9.47 Å². The van der Waals surface area contributed by atoms with E-state index in [-0.39, 0.29) is 0 Å². The maximum atomic E-state index is 5.29. The van der Waals surface area contributed by atoms with Gasteiger partial charge in [-0.2, -0.15) is 0 Å². The molecule has 3 nitrogen and oxygen atoms in total. The van der Waals surface area contributed by atoms with Gasteiger partial charge in [0.25, 0.3) is 0 Å². The molecule has 0 aromatic carbocycles. The Morgan fingerprint density at radius 1 is 1.17 bits per heavy atom. The van der Waals surface area contributed by atoms with Gasteiger partial charge in [-0.05, 0) is 13.0 Å². The van der Waals surface area contributed by atoms with E-state index in [0.717, 1.165) is 26.1 Å². The predicted molar refractivity (Wildman–Crippen MR) is 59.1 cm³/mol. The van der Waals surface area contributed by atoms with E-state index >= 15 is 0 Å². The Labute approximate surface area is 88.3 Å². The standard InChI is InChI=1S/C8H18INO2/c1-11-7-8-12-6-2-4-10-5-3-9/h10H,2-8H2,1H3. The second-order valence-corrected chi connectivity index (χ2v) is 3.48. The summed E-state index contributed by atoms with van der Waals surface area (Å²) in [5.74, 6) is 0. The first-order valence-electron chi connectivity index (χ1n) is 4.25. The Morgan fingerprint density at radius 2 is 2.00 bits per heavy atom. The highest BCUT2D eigenvalue weighted by Gasteiger charge is 1.88. The van der Waals surface area contributed by atoms with E-state index in [1.165, 1.54) is 4.43 Å². The molecule has 74 valence electrons. The molecule has 0 aromatic heterocycles. The van der Waals surface area contributed by atoms with Crippen LogP contribution in [-0.4, -0.2) is 44.4 Å². The second kappa shape index (κ2) is 11.6. The monoisotopic (exact) mass is 287 g/mol. The molecule has 0 saturated heterocycles. The number of halogens is 1. The Balaban J connectivity index is 2.73. The van der Waals surface area contributed by atoms with Crippen LogP contribution in [0.3, 0.4) is 0 Å². The van der Waals surface area contributed by atoms with Crippen molar-refractivity contribution in [1.29, 1.82) is 0 Å². The molecule has 0 fully saturated rings. The first-order chi connectivity index (χ1) is 5.91. The van der Waals surface area contributed by atoms with Crippen molar-refractivity contribution >= 4 is 22.6 Å². The first kappa shape index (κ1) is 12.6. The summed E-state index contributed by atoms with van der Waals surface area (Å²) in [5, 5.41) is 3.31. The van der Waals surface area contributed by atoms with Crippen LogP contribution in [-0.2, 0) is 9.47 Å². The number of hydrogen-bond acceptors (Lipinski definition) is 3. The summed E-state index contributed by atoms with van der Waals surface area (Å²) in [6.07, 6.45) is 1.08. The SMILES string of the molecule is COCCOCCCNCCI. The van der Waals surface area contributed by atoms with Crippen molar-refractivity contribution in [2.45, 2.75) is 6.42 Å². The first-order valence-corrected chi connectivity index (χ1v) is 5.77. The van der Waals surface area contributed by atoms with E-state index in [2.05, 4.69) is 27.9 Å². The Hall–Kier alpha value is 0.610. The molecule has 0 aromatic rings. The van der Waals surface area contributed by atoms with Crippen LogP contribution in [0.4, 0.5) is 0 Å². The Kier molecular flexibility index (Phi) is 12.2. The van der Waals surface area contributed by atoms with Crippen molar-refractivity contribution in [1.82, 2.24) is 5.32 Å². The lowest BCUT2D eigenvalue weighted by molar-refractivity contribution is 0.0695. The van der Waals surface area contributed by atoms with Gasteiger partial charge in [-0.25, -0.2) is 0 Å². The molecular weight excluding hydrogens is 269 g/mol. The molecule has 12 heavy (non-hydrogen) atoms. The molecule has 0 aliphatic heterocycles. The summed E-state index contributed by atoms with van der Waals surface area (Å²) in [6, 6.07) is 0. The van der Waals surface area contributed by atoms with Gasteiger partial charge in [0.1, 0.15) is 0 Å². The Bertz CT molecular complexity index is 73.5. The number of alkyl halides is 1.